The number of rotatable bonds is 1. The standard InChI is InChI=1S/C9H13N3/c1-7(2)9-5-4-8(3,6-10-9)11-12-9/h4-7H,1-3H3. The van der Waals surface area contributed by atoms with Crippen molar-refractivity contribution in [1.29, 1.82) is 0 Å². The van der Waals surface area contributed by atoms with E-state index in [0.717, 1.165) is 0 Å². The second-order valence-electron chi connectivity index (χ2n) is 3.96. The summed E-state index contributed by atoms with van der Waals surface area (Å²) in [5, 5.41) is 8.45. The molecule has 3 rings (SSSR count). The van der Waals surface area contributed by atoms with Gasteiger partial charge in [0, 0.05) is 12.1 Å². The zero-order valence-corrected chi connectivity index (χ0v) is 7.65. The summed E-state index contributed by atoms with van der Waals surface area (Å²) in [4.78, 5) is 4.43. The Kier molecular flexibility index (Phi) is 1.29. The van der Waals surface area contributed by atoms with E-state index in [4.69, 9.17) is 0 Å². The summed E-state index contributed by atoms with van der Waals surface area (Å²) in [7, 11) is 0. The largest absolute Gasteiger partial charge is 0.259 e. The van der Waals surface area contributed by atoms with E-state index in [1.54, 1.807) is 0 Å². The predicted octanol–water partition coefficient (Wildman–Crippen LogP) is 2.20. The van der Waals surface area contributed by atoms with Crippen LogP contribution in [0.25, 0.3) is 0 Å². The van der Waals surface area contributed by atoms with E-state index in [1.165, 1.54) is 0 Å². The second-order valence-corrected chi connectivity index (χ2v) is 3.96. The van der Waals surface area contributed by atoms with E-state index >= 15 is 0 Å². The van der Waals surface area contributed by atoms with Crippen molar-refractivity contribution in [1.82, 2.24) is 0 Å². The van der Waals surface area contributed by atoms with E-state index in [0.29, 0.717) is 5.92 Å². The number of hydrogen-bond donors (Lipinski definition) is 0. The highest BCUT2D eigenvalue weighted by Gasteiger charge is 2.39. The van der Waals surface area contributed by atoms with E-state index in [9.17, 15) is 0 Å². The molecule has 64 valence electrons. The van der Waals surface area contributed by atoms with Gasteiger partial charge in [-0.2, -0.15) is 10.2 Å². The zero-order valence-electron chi connectivity index (χ0n) is 7.65. The molecule has 2 atom stereocenters. The van der Waals surface area contributed by atoms with Crippen molar-refractivity contribution in [3.63, 3.8) is 0 Å². The number of aliphatic imine (C=N–C) groups is 1. The normalized spacial score (nSPS) is 43.0. The number of nitrogens with zero attached hydrogens (tertiary/aromatic N) is 3. The topological polar surface area (TPSA) is 37.1 Å². The molecule has 3 heteroatoms. The van der Waals surface area contributed by atoms with Crippen LogP contribution in [-0.2, 0) is 0 Å². The lowest BCUT2D eigenvalue weighted by atomic mass is 9.89. The second kappa shape index (κ2) is 2.03. The van der Waals surface area contributed by atoms with Crippen LogP contribution in [0.1, 0.15) is 20.8 Å². The maximum absolute atomic E-state index is 4.43. The molecule has 3 heterocycles. The van der Waals surface area contributed by atoms with Gasteiger partial charge in [-0.15, -0.1) is 0 Å². The Bertz CT molecular complexity index is 247. The summed E-state index contributed by atoms with van der Waals surface area (Å²) < 4.78 is 0. The van der Waals surface area contributed by atoms with Crippen LogP contribution in [0.15, 0.2) is 27.4 Å². The maximum atomic E-state index is 4.43. The highest BCUT2D eigenvalue weighted by Crippen LogP contribution is 2.36. The average molecular weight is 163 g/mol. The Morgan fingerprint density at radius 3 is 2.25 bits per heavy atom. The monoisotopic (exact) mass is 163 g/mol. The van der Waals surface area contributed by atoms with Gasteiger partial charge in [-0.05, 0) is 19.1 Å². The molecule has 3 nitrogen and oxygen atoms in total. The smallest absolute Gasteiger partial charge is 0.190 e. The molecule has 12 heavy (non-hydrogen) atoms. The Hall–Kier alpha value is -0.990. The van der Waals surface area contributed by atoms with Crippen molar-refractivity contribution < 1.29 is 0 Å². The molecule has 0 aromatic rings. The minimum absolute atomic E-state index is 0.267. The van der Waals surface area contributed by atoms with Crippen LogP contribution in [0.5, 0.6) is 0 Å². The summed E-state index contributed by atoms with van der Waals surface area (Å²) in [6, 6.07) is 0. The molecular weight excluding hydrogens is 150 g/mol. The van der Waals surface area contributed by atoms with Crippen LogP contribution in [0.4, 0.5) is 0 Å². The molecule has 0 fully saturated rings. The molecule has 0 aromatic carbocycles. The molecule has 0 saturated carbocycles. The van der Waals surface area contributed by atoms with Gasteiger partial charge in [-0.25, -0.2) is 0 Å². The van der Waals surface area contributed by atoms with Crippen molar-refractivity contribution in [2.75, 3.05) is 0 Å². The van der Waals surface area contributed by atoms with Crippen LogP contribution < -0.4 is 0 Å². The van der Waals surface area contributed by atoms with Crippen LogP contribution in [0, 0.1) is 5.92 Å². The molecule has 3 aliphatic rings. The first kappa shape index (κ1) is 7.65. The Morgan fingerprint density at radius 2 is 1.92 bits per heavy atom. The van der Waals surface area contributed by atoms with Crippen LogP contribution in [-0.4, -0.2) is 17.4 Å². The number of azo groups is 1. The minimum atomic E-state index is -0.391. The SMILES string of the molecule is CC(C)C12C=CC(C)(C=N1)N=N2. The van der Waals surface area contributed by atoms with Crippen molar-refractivity contribution in [2.24, 2.45) is 21.1 Å². The van der Waals surface area contributed by atoms with Gasteiger partial charge in [-0.1, -0.05) is 13.8 Å². The van der Waals surface area contributed by atoms with Gasteiger partial charge in [0.2, 0.25) is 0 Å². The molecule has 0 saturated heterocycles. The lowest BCUT2D eigenvalue weighted by Crippen LogP contribution is -2.40. The van der Waals surface area contributed by atoms with Gasteiger partial charge in [0.1, 0.15) is 5.54 Å². The summed E-state index contributed by atoms with van der Waals surface area (Å²) >= 11 is 0. The molecule has 0 aromatic heterocycles. The van der Waals surface area contributed by atoms with Crippen molar-refractivity contribution in [2.45, 2.75) is 32.0 Å². The third-order valence-electron chi connectivity index (χ3n) is 2.47. The first-order chi connectivity index (χ1) is 5.56. The maximum Gasteiger partial charge on any atom is 0.190 e. The van der Waals surface area contributed by atoms with Crippen LogP contribution in [0.2, 0.25) is 0 Å². The molecule has 2 unspecified atom stereocenters. The summed E-state index contributed by atoms with van der Waals surface area (Å²) in [6.45, 7) is 6.21. The Balaban J connectivity index is 2.41. The van der Waals surface area contributed by atoms with Crippen molar-refractivity contribution in [3.05, 3.63) is 12.2 Å². The predicted molar refractivity (Wildman–Crippen MR) is 48.5 cm³/mol. The van der Waals surface area contributed by atoms with Gasteiger partial charge in [0.15, 0.2) is 5.66 Å². The first-order valence-electron chi connectivity index (χ1n) is 4.27. The van der Waals surface area contributed by atoms with Crippen LogP contribution >= 0.6 is 0 Å². The third-order valence-corrected chi connectivity index (χ3v) is 2.47. The zero-order chi connectivity index (χ0) is 8.82. The fourth-order valence-corrected chi connectivity index (χ4v) is 1.37. The highest BCUT2D eigenvalue weighted by molar-refractivity contribution is 5.76. The van der Waals surface area contributed by atoms with Crippen LogP contribution in [0.3, 0.4) is 0 Å². The van der Waals surface area contributed by atoms with E-state index < -0.39 is 5.66 Å². The Morgan fingerprint density at radius 1 is 1.17 bits per heavy atom. The first-order valence-corrected chi connectivity index (χ1v) is 4.27. The average Bonchev–Trinajstić information content (AvgIpc) is 2.06. The molecule has 0 radical (unpaired) electrons. The summed E-state index contributed by atoms with van der Waals surface area (Å²) in [5.41, 5.74) is -0.658. The van der Waals surface area contributed by atoms with E-state index in [1.807, 2.05) is 13.1 Å². The molecule has 0 spiro atoms. The molecule has 0 aliphatic carbocycles. The molecule has 0 amide bonds. The summed E-state index contributed by atoms with van der Waals surface area (Å²) in [5.74, 6) is 0.374. The van der Waals surface area contributed by atoms with Gasteiger partial charge >= 0.3 is 0 Å². The number of hydrogen-bond acceptors (Lipinski definition) is 3. The van der Waals surface area contributed by atoms with E-state index in [2.05, 4.69) is 41.2 Å². The van der Waals surface area contributed by atoms with Crippen molar-refractivity contribution >= 4 is 6.21 Å². The third kappa shape index (κ3) is 0.854. The molecule has 2 bridgehead atoms. The number of dihydropyridines is 1. The minimum Gasteiger partial charge on any atom is -0.259 e. The highest BCUT2D eigenvalue weighted by atomic mass is 15.3. The molecule has 0 N–H and O–H groups in total. The van der Waals surface area contributed by atoms with Gasteiger partial charge in [-0.3, -0.25) is 4.99 Å². The molecule has 3 aliphatic heterocycles. The van der Waals surface area contributed by atoms with Gasteiger partial charge in [0.05, 0.1) is 0 Å². The lowest BCUT2D eigenvalue weighted by Gasteiger charge is -2.35. The van der Waals surface area contributed by atoms with Gasteiger partial charge in [0.25, 0.3) is 0 Å². The van der Waals surface area contributed by atoms with E-state index in [-0.39, 0.29) is 5.54 Å². The Labute approximate surface area is 72.3 Å². The summed E-state index contributed by atoms with van der Waals surface area (Å²) in [6.07, 6.45) is 6.03. The lowest BCUT2D eigenvalue weighted by molar-refractivity contribution is 0.349. The quantitative estimate of drug-likeness (QED) is 0.531. The van der Waals surface area contributed by atoms with Crippen molar-refractivity contribution in [3.8, 4) is 0 Å². The molecular formula is C9H13N3. The van der Waals surface area contributed by atoms with Gasteiger partial charge < -0.3 is 0 Å². The fourth-order valence-electron chi connectivity index (χ4n) is 1.37. The fraction of sp³-hybridized carbons (Fsp3) is 0.667.